The predicted octanol–water partition coefficient (Wildman–Crippen LogP) is 2.43. The fraction of sp³-hybridized carbons (Fsp3) is 0.538. The summed E-state index contributed by atoms with van der Waals surface area (Å²) in [6.45, 7) is 5.80. The van der Waals surface area contributed by atoms with Gasteiger partial charge in [0.05, 0.1) is 4.90 Å². The molecule has 0 fully saturated rings. The van der Waals surface area contributed by atoms with E-state index in [1.165, 1.54) is 13.0 Å². The van der Waals surface area contributed by atoms with E-state index in [9.17, 15) is 12.8 Å². The number of nitrogens with two attached hydrogens (primary N) is 1. The molecule has 0 spiro atoms. The average Bonchev–Trinajstić information content (AvgIpc) is 2.34. The molecular formula is C13H21FN2O2S. The van der Waals surface area contributed by atoms with Crippen LogP contribution in [0.2, 0.25) is 0 Å². The van der Waals surface area contributed by atoms with Crippen molar-refractivity contribution in [2.24, 2.45) is 5.92 Å². The Morgan fingerprint density at radius 1 is 1.32 bits per heavy atom. The summed E-state index contributed by atoms with van der Waals surface area (Å²) in [5.41, 5.74) is 5.69. The van der Waals surface area contributed by atoms with Crippen LogP contribution in [0.1, 0.15) is 32.3 Å². The molecule has 0 unspecified atom stereocenters. The highest BCUT2D eigenvalue weighted by molar-refractivity contribution is 7.89. The van der Waals surface area contributed by atoms with Gasteiger partial charge >= 0.3 is 0 Å². The lowest BCUT2D eigenvalue weighted by Crippen LogP contribution is -2.29. The Balaban J connectivity index is 3.01. The van der Waals surface area contributed by atoms with Crippen molar-refractivity contribution in [3.8, 4) is 0 Å². The van der Waals surface area contributed by atoms with Gasteiger partial charge in [-0.25, -0.2) is 17.5 Å². The minimum atomic E-state index is -3.72. The molecule has 0 aliphatic rings. The minimum Gasteiger partial charge on any atom is -0.399 e. The summed E-state index contributed by atoms with van der Waals surface area (Å²) in [7, 11) is -3.72. The van der Waals surface area contributed by atoms with Gasteiger partial charge in [0, 0.05) is 17.8 Å². The van der Waals surface area contributed by atoms with Crippen LogP contribution in [0.25, 0.3) is 0 Å². The molecule has 4 nitrogen and oxygen atoms in total. The zero-order valence-electron chi connectivity index (χ0n) is 11.5. The van der Waals surface area contributed by atoms with E-state index < -0.39 is 15.8 Å². The van der Waals surface area contributed by atoms with Gasteiger partial charge in [-0.2, -0.15) is 0 Å². The average molecular weight is 288 g/mol. The summed E-state index contributed by atoms with van der Waals surface area (Å²) in [5, 5.41) is 0. The molecule has 0 bridgehead atoms. The fourth-order valence-electron chi connectivity index (χ4n) is 1.84. The first-order valence-corrected chi connectivity index (χ1v) is 7.85. The molecule has 0 aliphatic heterocycles. The van der Waals surface area contributed by atoms with E-state index in [1.54, 1.807) is 0 Å². The lowest BCUT2D eigenvalue weighted by atomic mass is 10.0. The van der Waals surface area contributed by atoms with Crippen LogP contribution in [0.3, 0.4) is 0 Å². The molecule has 0 amide bonds. The van der Waals surface area contributed by atoms with Crippen molar-refractivity contribution >= 4 is 15.7 Å². The zero-order valence-corrected chi connectivity index (χ0v) is 12.3. The van der Waals surface area contributed by atoms with Crippen LogP contribution in [0, 0.1) is 18.7 Å². The van der Waals surface area contributed by atoms with Gasteiger partial charge in [-0.15, -0.1) is 0 Å². The van der Waals surface area contributed by atoms with E-state index in [4.69, 9.17) is 5.73 Å². The van der Waals surface area contributed by atoms with Crippen LogP contribution in [0.4, 0.5) is 10.1 Å². The largest absolute Gasteiger partial charge is 0.399 e. The van der Waals surface area contributed by atoms with Crippen LogP contribution in [0.5, 0.6) is 0 Å². The molecule has 0 saturated heterocycles. The maximum Gasteiger partial charge on any atom is 0.241 e. The number of benzene rings is 1. The third-order valence-corrected chi connectivity index (χ3v) is 4.88. The standard InChI is InChI=1S/C13H21FN2O2S/c1-4-10(5-2)8-16-19(17,18)13-7-11(15)6-12(14)9(13)3/h6-7,10,16H,4-5,8,15H2,1-3H3. The number of sulfonamides is 1. The first kappa shape index (κ1) is 15.9. The molecule has 3 N–H and O–H groups in total. The number of hydrogen-bond acceptors (Lipinski definition) is 3. The van der Waals surface area contributed by atoms with Crippen LogP contribution >= 0.6 is 0 Å². The summed E-state index contributed by atoms with van der Waals surface area (Å²) in [6.07, 6.45) is 1.78. The van der Waals surface area contributed by atoms with Gasteiger partial charge < -0.3 is 5.73 Å². The molecule has 0 aromatic heterocycles. The molecule has 6 heteroatoms. The topological polar surface area (TPSA) is 72.2 Å². The van der Waals surface area contributed by atoms with Crippen LogP contribution in [-0.2, 0) is 10.0 Å². The van der Waals surface area contributed by atoms with E-state index in [2.05, 4.69) is 4.72 Å². The molecule has 1 aromatic carbocycles. The summed E-state index contributed by atoms with van der Waals surface area (Å²) < 4.78 is 40.4. The van der Waals surface area contributed by atoms with Gasteiger partial charge in [0.1, 0.15) is 5.82 Å². The van der Waals surface area contributed by atoms with Gasteiger partial charge in [0.25, 0.3) is 0 Å². The van der Waals surface area contributed by atoms with Crippen molar-refractivity contribution in [3.63, 3.8) is 0 Å². The Kier molecular flexibility index (Phi) is 5.31. The number of halogens is 1. The van der Waals surface area contributed by atoms with Gasteiger partial charge in [-0.05, 0) is 25.0 Å². The molecule has 1 aromatic rings. The molecule has 19 heavy (non-hydrogen) atoms. The van der Waals surface area contributed by atoms with Crippen molar-refractivity contribution < 1.29 is 12.8 Å². The third kappa shape index (κ3) is 3.91. The maximum absolute atomic E-state index is 13.5. The summed E-state index contributed by atoms with van der Waals surface area (Å²) in [6, 6.07) is 2.41. The Morgan fingerprint density at radius 2 is 1.89 bits per heavy atom. The second kappa shape index (κ2) is 6.34. The molecule has 1 rings (SSSR count). The fourth-order valence-corrected chi connectivity index (χ4v) is 3.24. The quantitative estimate of drug-likeness (QED) is 0.790. The van der Waals surface area contributed by atoms with E-state index in [1.807, 2.05) is 13.8 Å². The minimum absolute atomic E-state index is 0.0871. The highest BCUT2D eigenvalue weighted by Gasteiger charge is 2.20. The molecule has 0 aliphatic carbocycles. The summed E-state index contributed by atoms with van der Waals surface area (Å²) in [5.74, 6) is -0.330. The van der Waals surface area contributed by atoms with E-state index in [-0.39, 0.29) is 22.1 Å². The monoisotopic (exact) mass is 288 g/mol. The van der Waals surface area contributed by atoms with E-state index in [0.717, 1.165) is 18.9 Å². The SMILES string of the molecule is CCC(CC)CNS(=O)(=O)c1cc(N)cc(F)c1C. The molecule has 0 heterocycles. The molecule has 0 atom stereocenters. The van der Waals surface area contributed by atoms with E-state index >= 15 is 0 Å². The lowest BCUT2D eigenvalue weighted by molar-refractivity contribution is 0.478. The first-order valence-electron chi connectivity index (χ1n) is 6.37. The Morgan fingerprint density at radius 3 is 2.42 bits per heavy atom. The Bertz CT molecular complexity index is 540. The smallest absolute Gasteiger partial charge is 0.241 e. The van der Waals surface area contributed by atoms with Gasteiger partial charge in [0.15, 0.2) is 0 Å². The summed E-state index contributed by atoms with van der Waals surface area (Å²) in [4.78, 5) is -0.0871. The van der Waals surface area contributed by atoms with E-state index in [0.29, 0.717) is 6.54 Å². The van der Waals surface area contributed by atoms with Crippen LogP contribution in [-0.4, -0.2) is 15.0 Å². The predicted molar refractivity (Wildman–Crippen MR) is 74.8 cm³/mol. The zero-order chi connectivity index (χ0) is 14.6. The number of nitrogen functional groups attached to an aromatic ring is 1. The second-order valence-corrected chi connectivity index (χ2v) is 6.40. The van der Waals surface area contributed by atoms with Crippen molar-refractivity contribution in [3.05, 3.63) is 23.5 Å². The maximum atomic E-state index is 13.5. The van der Waals surface area contributed by atoms with Crippen LogP contribution < -0.4 is 10.5 Å². The molecule has 108 valence electrons. The van der Waals surface area contributed by atoms with Crippen molar-refractivity contribution in [2.75, 3.05) is 12.3 Å². The van der Waals surface area contributed by atoms with Gasteiger partial charge in [-0.1, -0.05) is 26.7 Å². The highest BCUT2D eigenvalue weighted by Crippen LogP contribution is 2.22. The molecule has 0 saturated carbocycles. The highest BCUT2D eigenvalue weighted by atomic mass is 32.2. The lowest BCUT2D eigenvalue weighted by Gasteiger charge is -2.15. The molecule has 0 radical (unpaired) electrons. The van der Waals surface area contributed by atoms with Crippen molar-refractivity contribution in [1.82, 2.24) is 4.72 Å². The molecular weight excluding hydrogens is 267 g/mol. The Labute approximate surface area is 114 Å². The number of nitrogens with one attached hydrogen (secondary N) is 1. The Hall–Kier alpha value is -1.14. The third-order valence-electron chi connectivity index (χ3n) is 3.33. The second-order valence-electron chi connectivity index (χ2n) is 4.66. The van der Waals surface area contributed by atoms with Crippen LogP contribution in [0.15, 0.2) is 17.0 Å². The number of anilines is 1. The normalized spacial score (nSPS) is 12.1. The number of hydrogen-bond donors (Lipinski definition) is 2. The van der Waals surface area contributed by atoms with Crippen molar-refractivity contribution in [1.29, 1.82) is 0 Å². The van der Waals surface area contributed by atoms with Gasteiger partial charge in [-0.3, -0.25) is 0 Å². The van der Waals surface area contributed by atoms with Crippen molar-refractivity contribution in [2.45, 2.75) is 38.5 Å². The summed E-state index contributed by atoms with van der Waals surface area (Å²) >= 11 is 0. The van der Waals surface area contributed by atoms with Gasteiger partial charge in [0.2, 0.25) is 10.0 Å². The first-order chi connectivity index (χ1) is 8.81. The number of rotatable bonds is 6.